The van der Waals surface area contributed by atoms with Crippen molar-refractivity contribution in [3.63, 3.8) is 0 Å². The van der Waals surface area contributed by atoms with Gasteiger partial charge in [-0.3, -0.25) is 4.79 Å². The molecule has 0 spiro atoms. The second kappa shape index (κ2) is 3.78. The summed E-state index contributed by atoms with van der Waals surface area (Å²) in [5, 5.41) is 4.49. The largest absolute Gasteiger partial charge is 0.282 e. The lowest BCUT2D eigenvalue weighted by Crippen LogP contribution is -2.13. The lowest BCUT2D eigenvalue weighted by molar-refractivity contribution is 0.856. The molecule has 86 valence electrons. The molecule has 1 atom stereocenters. The molecule has 0 bridgehead atoms. The van der Waals surface area contributed by atoms with Gasteiger partial charge in [-0.15, -0.1) is 16.7 Å². The number of benzene rings is 1. The predicted molar refractivity (Wildman–Crippen MR) is 68.9 cm³/mol. The maximum absolute atomic E-state index is 12.1. The lowest BCUT2D eigenvalue weighted by Gasteiger charge is -1.95. The maximum Gasteiger partial charge on any atom is 0.282 e. The van der Waals surface area contributed by atoms with Gasteiger partial charge in [-0.2, -0.15) is 4.52 Å². The molecule has 1 aromatic carbocycles. The highest BCUT2D eigenvalue weighted by Crippen LogP contribution is 2.21. The molecule has 1 unspecified atom stereocenters. The molecule has 17 heavy (non-hydrogen) atoms. The van der Waals surface area contributed by atoms with Crippen LogP contribution in [0.3, 0.4) is 0 Å². The van der Waals surface area contributed by atoms with E-state index in [9.17, 15) is 4.79 Å². The van der Waals surface area contributed by atoms with Gasteiger partial charge in [0.05, 0.1) is 10.8 Å². The zero-order chi connectivity index (χ0) is 12.0. The molecular formula is C11H8ClN3OS. The number of hydrogen-bond acceptors (Lipinski definition) is 4. The monoisotopic (exact) mass is 265 g/mol. The smallest absolute Gasteiger partial charge is 0.267 e. The summed E-state index contributed by atoms with van der Waals surface area (Å²) in [6, 6.07) is 7.43. The maximum atomic E-state index is 12.1. The Hall–Kier alpha value is -1.46. The predicted octanol–water partition coefficient (Wildman–Crippen LogP) is 2.60. The number of fused-ring (bicyclic) bond motifs is 2. The van der Waals surface area contributed by atoms with Crippen LogP contribution in [0, 0.1) is 0 Å². The molecule has 0 aliphatic rings. The van der Waals surface area contributed by atoms with Gasteiger partial charge in [0.15, 0.2) is 5.82 Å². The lowest BCUT2D eigenvalue weighted by atomic mass is 10.3. The van der Waals surface area contributed by atoms with Crippen LogP contribution in [0.25, 0.3) is 15.0 Å². The molecule has 2 heterocycles. The van der Waals surface area contributed by atoms with Crippen molar-refractivity contribution in [2.45, 2.75) is 12.3 Å². The number of aromatic nitrogens is 3. The first kappa shape index (κ1) is 10.7. The van der Waals surface area contributed by atoms with Crippen LogP contribution in [0.2, 0.25) is 0 Å². The summed E-state index contributed by atoms with van der Waals surface area (Å²) in [6.07, 6.45) is 0. The molecule has 3 aromatic rings. The van der Waals surface area contributed by atoms with Gasteiger partial charge in [-0.1, -0.05) is 23.5 Å². The Kier molecular flexibility index (Phi) is 2.38. The third-order valence-electron chi connectivity index (χ3n) is 2.46. The van der Waals surface area contributed by atoms with Gasteiger partial charge >= 0.3 is 0 Å². The number of nitrogens with zero attached hydrogens (tertiary/aromatic N) is 3. The minimum Gasteiger partial charge on any atom is -0.267 e. The van der Waals surface area contributed by atoms with Crippen LogP contribution in [-0.2, 0) is 0 Å². The van der Waals surface area contributed by atoms with Crippen LogP contribution in [0.4, 0.5) is 0 Å². The normalized spacial score (nSPS) is 13.3. The molecule has 0 amide bonds. The van der Waals surface area contributed by atoms with Gasteiger partial charge in [0.1, 0.15) is 0 Å². The molecule has 0 saturated heterocycles. The van der Waals surface area contributed by atoms with E-state index in [4.69, 9.17) is 11.6 Å². The van der Waals surface area contributed by atoms with Gasteiger partial charge in [0.25, 0.3) is 5.56 Å². The Balaban J connectivity index is 2.47. The van der Waals surface area contributed by atoms with Crippen molar-refractivity contribution in [2.75, 3.05) is 0 Å². The summed E-state index contributed by atoms with van der Waals surface area (Å²) in [7, 11) is 0. The minimum atomic E-state index is -0.301. The SMILES string of the molecule is CC(Cl)c1nc2sc3ccccc3c(=O)n2n1. The van der Waals surface area contributed by atoms with Crippen molar-refractivity contribution >= 4 is 38.0 Å². The Morgan fingerprint density at radius 3 is 2.94 bits per heavy atom. The topological polar surface area (TPSA) is 47.3 Å². The summed E-state index contributed by atoms with van der Waals surface area (Å²) in [5.41, 5.74) is -0.148. The number of rotatable bonds is 1. The molecule has 0 aliphatic heterocycles. The Labute approximate surface area is 105 Å². The average Bonchev–Trinajstić information content (AvgIpc) is 2.74. The summed E-state index contributed by atoms with van der Waals surface area (Å²) in [6.45, 7) is 1.78. The van der Waals surface area contributed by atoms with Crippen molar-refractivity contribution in [1.29, 1.82) is 0 Å². The Morgan fingerprint density at radius 2 is 2.18 bits per heavy atom. The third-order valence-corrected chi connectivity index (χ3v) is 3.68. The van der Waals surface area contributed by atoms with Crippen molar-refractivity contribution in [1.82, 2.24) is 14.6 Å². The van der Waals surface area contributed by atoms with E-state index in [1.807, 2.05) is 18.2 Å². The van der Waals surface area contributed by atoms with Crippen LogP contribution >= 0.6 is 22.9 Å². The van der Waals surface area contributed by atoms with Crippen LogP contribution in [-0.4, -0.2) is 14.6 Å². The first-order valence-electron chi connectivity index (χ1n) is 5.09. The summed E-state index contributed by atoms with van der Waals surface area (Å²) < 4.78 is 2.23. The van der Waals surface area contributed by atoms with E-state index in [-0.39, 0.29) is 10.9 Å². The molecule has 0 fully saturated rings. The third kappa shape index (κ3) is 1.62. The molecule has 3 rings (SSSR count). The van der Waals surface area contributed by atoms with Gasteiger partial charge < -0.3 is 0 Å². The van der Waals surface area contributed by atoms with Crippen LogP contribution in [0.1, 0.15) is 18.1 Å². The van der Waals surface area contributed by atoms with E-state index < -0.39 is 0 Å². The first-order valence-corrected chi connectivity index (χ1v) is 6.34. The van der Waals surface area contributed by atoms with Gasteiger partial charge in [-0.25, -0.2) is 4.98 Å². The molecule has 4 nitrogen and oxygen atoms in total. The molecule has 2 aromatic heterocycles. The van der Waals surface area contributed by atoms with E-state index in [0.717, 1.165) is 4.70 Å². The van der Waals surface area contributed by atoms with E-state index in [1.54, 1.807) is 13.0 Å². The van der Waals surface area contributed by atoms with E-state index >= 15 is 0 Å². The number of hydrogen-bond donors (Lipinski definition) is 0. The second-order valence-electron chi connectivity index (χ2n) is 3.68. The van der Waals surface area contributed by atoms with Gasteiger partial charge in [0.2, 0.25) is 4.96 Å². The van der Waals surface area contributed by atoms with Crippen molar-refractivity contribution in [3.05, 3.63) is 40.4 Å². The molecule has 6 heteroatoms. The van der Waals surface area contributed by atoms with Gasteiger partial charge in [-0.05, 0) is 19.1 Å². The number of alkyl halides is 1. The van der Waals surface area contributed by atoms with Crippen LogP contribution in [0.15, 0.2) is 29.1 Å². The average molecular weight is 266 g/mol. The Bertz CT molecular complexity index is 762. The first-order chi connectivity index (χ1) is 8.16. The van der Waals surface area contributed by atoms with Crippen molar-refractivity contribution in [2.24, 2.45) is 0 Å². The fourth-order valence-corrected chi connectivity index (χ4v) is 2.67. The fraction of sp³-hybridized carbons (Fsp3) is 0.182. The molecular weight excluding hydrogens is 258 g/mol. The van der Waals surface area contributed by atoms with Crippen molar-refractivity contribution < 1.29 is 0 Å². The van der Waals surface area contributed by atoms with Crippen molar-refractivity contribution in [3.8, 4) is 0 Å². The zero-order valence-corrected chi connectivity index (χ0v) is 10.5. The summed E-state index contributed by atoms with van der Waals surface area (Å²) in [4.78, 5) is 17.0. The highest BCUT2D eigenvalue weighted by atomic mass is 35.5. The highest BCUT2D eigenvalue weighted by molar-refractivity contribution is 7.23. The fourth-order valence-electron chi connectivity index (χ4n) is 1.62. The highest BCUT2D eigenvalue weighted by Gasteiger charge is 2.13. The minimum absolute atomic E-state index is 0.148. The van der Waals surface area contributed by atoms with E-state index in [2.05, 4.69) is 10.1 Å². The van der Waals surface area contributed by atoms with Gasteiger partial charge in [0, 0.05) is 4.70 Å². The standard InChI is InChI=1S/C11H8ClN3OS/c1-6(12)9-13-11-15(14-9)10(16)7-4-2-3-5-8(7)17-11/h2-6H,1H3. The van der Waals surface area contributed by atoms with Crippen LogP contribution in [0.5, 0.6) is 0 Å². The molecule has 0 N–H and O–H groups in total. The second-order valence-corrected chi connectivity index (χ2v) is 5.35. The molecule has 0 aliphatic carbocycles. The van der Waals surface area contributed by atoms with Crippen LogP contribution < -0.4 is 5.56 Å². The van der Waals surface area contributed by atoms with E-state index in [0.29, 0.717) is 16.2 Å². The molecule has 0 saturated carbocycles. The number of halogens is 1. The summed E-state index contributed by atoms with van der Waals surface area (Å²) in [5.74, 6) is 0.482. The Morgan fingerprint density at radius 1 is 1.41 bits per heavy atom. The van der Waals surface area contributed by atoms with E-state index in [1.165, 1.54) is 15.9 Å². The zero-order valence-electron chi connectivity index (χ0n) is 8.92. The quantitative estimate of drug-likeness (QED) is 0.636. The molecule has 0 radical (unpaired) electrons. The summed E-state index contributed by atoms with van der Waals surface area (Å²) >= 11 is 7.36.